The highest BCUT2D eigenvalue weighted by molar-refractivity contribution is 6.04. The second kappa shape index (κ2) is 8.44. The van der Waals surface area contributed by atoms with E-state index >= 15 is 0 Å². The second-order valence-electron chi connectivity index (χ2n) is 8.63. The summed E-state index contributed by atoms with van der Waals surface area (Å²) in [7, 11) is 0. The summed E-state index contributed by atoms with van der Waals surface area (Å²) in [5.41, 5.74) is 3.47. The fourth-order valence-electron chi connectivity index (χ4n) is 4.37. The molecule has 0 spiro atoms. The number of nitrogens with zero attached hydrogens (tertiary/aromatic N) is 2. The van der Waals surface area contributed by atoms with Crippen molar-refractivity contribution in [3.63, 3.8) is 0 Å². The minimum atomic E-state index is -1.02. The van der Waals surface area contributed by atoms with Crippen LogP contribution in [-0.4, -0.2) is 20.7 Å². The molecule has 0 aliphatic heterocycles. The molecule has 0 saturated carbocycles. The number of hydrogen-bond donors (Lipinski definition) is 2. The highest BCUT2D eigenvalue weighted by Crippen LogP contribution is 2.47. The van der Waals surface area contributed by atoms with Crippen LogP contribution in [0.2, 0.25) is 0 Å². The third-order valence-corrected chi connectivity index (χ3v) is 5.98. The predicted octanol–water partition coefficient (Wildman–Crippen LogP) is 6.42. The Kier molecular flexibility index (Phi) is 5.65. The van der Waals surface area contributed by atoms with Gasteiger partial charge in [0.1, 0.15) is 11.6 Å². The van der Waals surface area contributed by atoms with Crippen LogP contribution in [0.4, 0.5) is 4.39 Å². The fraction of sp³-hybridized carbons (Fsp3) is 0.185. The third-order valence-electron chi connectivity index (χ3n) is 5.98. The summed E-state index contributed by atoms with van der Waals surface area (Å²) in [5, 5.41) is 30.1. The Balaban J connectivity index is 2.13. The fourth-order valence-corrected chi connectivity index (χ4v) is 4.37. The molecule has 1 heterocycles. The summed E-state index contributed by atoms with van der Waals surface area (Å²) in [6.45, 7) is 4.06. The van der Waals surface area contributed by atoms with Crippen molar-refractivity contribution in [3.8, 4) is 28.6 Å². The minimum Gasteiger partial charge on any atom is -0.507 e. The molecule has 166 valence electrons. The number of aromatic hydroxyl groups is 1. The van der Waals surface area contributed by atoms with Gasteiger partial charge in [0.05, 0.1) is 17.1 Å². The van der Waals surface area contributed by atoms with Crippen LogP contribution in [-0.2, 0) is 5.41 Å². The Bertz CT molecular complexity index is 1380. The van der Waals surface area contributed by atoms with Crippen molar-refractivity contribution in [2.45, 2.75) is 32.1 Å². The van der Waals surface area contributed by atoms with Gasteiger partial charge in [-0.3, -0.25) is 0 Å². The topological polar surface area (TPSA) is 86.2 Å². The van der Waals surface area contributed by atoms with Gasteiger partial charge in [0.2, 0.25) is 0 Å². The predicted molar refractivity (Wildman–Crippen MR) is 125 cm³/mol. The lowest BCUT2D eigenvalue weighted by atomic mass is 9.80. The van der Waals surface area contributed by atoms with E-state index in [1.807, 2.05) is 24.5 Å². The minimum absolute atomic E-state index is 0.0861. The van der Waals surface area contributed by atoms with E-state index in [1.165, 1.54) is 24.3 Å². The summed E-state index contributed by atoms with van der Waals surface area (Å²) in [5.74, 6) is -1.29. The Labute approximate surface area is 191 Å². The highest BCUT2D eigenvalue weighted by Gasteiger charge is 2.32. The van der Waals surface area contributed by atoms with E-state index in [4.69, 9.17) is 0 Å². The summed E-state index contributed by atoms with van der Waals surface area (Å²) < 4.78 is 15.7. The SMILES string of the molecule is CC(C)(CCC#N)c1c(-c2ccc(C(=O)O)cc2)c2c(O)cccc2n1-c1ccc(F)cc1. The number of aromatic nitrogens is 1. The second-order valence-corrected chi connectivity index (χ2v) is 8.63. The van der Waals surface area contributed by atoms with Gasteiger partial charge in [-0.2, -0.15) is 5.26 Å². The van der Waals surface area contributed by atoms with E-state index in [9.17, 15) is 24.7 Å². The zero-order valence-electron chi connectivity index (χ0n) is 18.3. The maximum atomic E-state index is 13.7. The van der Waals surface area contributed by atoms with E-state index in [2.05, 4.69) is 6.07 Å². The van der Waals surface area contributed by atoms with Crippen LogP contribution in [0.3, 0.4) is 0 Å². The summed E-state index contributed by atoms with van der Waals surface area (Å²) >= 11 is 0. The smallest absolute Gasteiger partial charge is 0.335 e. The van der Waals surface area contributed by atoms with Gasteiger partial charge in [-0.25, -0.2) is 9.18 Å². The number of rotatable bonds is 6. The molecule has 5 nitrogen and oxygen atoms in total. The van der Waals surface area contributed by atoms with Crippen LogP contribution >= 0.6 is 0 Å². The van der Waals surface area contributed by atoms with Gasteiger partial charge in [0, 0.05) is 34.2 Å². The zero-order valence-corrected chi connectivity index (χ0v) is 18.3. The first kappa shape index (κ1) is 22.1. The summed E-state index contributed by atoms with van der Waals surface area (Å²) in [6, 6.07) is 20.1. The van der Waals surface area contributed by atoms with Crippen molar-refractivity contribution in [2.75, 3.05) is 0 Å². The Morgan fingerprint density at radius 2 is 1.73 bits per heavy atom. The van der Waals surface area contributed by atoms with Gasteiger partial charge >= 0.3 is 5.97 Å². The van der Waals surface area contributed by atoms with E-state index in [1.54, 1.807) is 36.4 Å². The number of phenolic OH excluding ortho intramolecular Hbond substituents is 1. The van der Waals surface area contributed by atoms with Crippen molar-refractivity contribution in [1.29, 1.82) is 5.26 Å². The van der Waals surface area contributed by atoms with Crippen LogP contribution in [0.1, 0.15) is 42.7 Å². The van der Waals surface area contributed by atoms with Crippen molar-refractivity contribution in [2.24, 2.45) is 0 Å². The number of carboxylic acid groups (broad SMARTS) is 1. The average Bonchev–Trinajstić information content (AvgIpc) is 3.16. The normalized spacial score (nSPS) is 11.5. The molecule has 33 heavy (non-hydrogen) atoms. The van der Waals surface area contributed by atoms with Gasteiger partial charge in [-0.05, 0) is 60.5 Å². The molecule has 0 aliphatic rings. The standard InChI is InChI=1S/C27H23FN2O3/c1-27(2,15-4-16-29)25-23(17-7-9-18(10-8-17)26(32)33)24-21(5-3-6-22(24)31)30(25)20-13-11-19(28)12-14-20/h3,5-14,31H,4,15H2,1-2H3,(H,32,33). The van der Waals surface area contributed by atoms with Crippen molar-refractivity contribution in [1.82, 2.24) is 4.57 Å². The number of hydrogen-bond acceptors (Lipinski definition) is 3. The molecule has 0 saturated heterocycles. The first-order chi connectivity index (χ1) is 15.7. The van der Waals surface area contributed by atoms with Crippen LogP contribution in [0.15, 0.2) is 66.7 Å². The van der Waals surface area contributed by atoms with Gasteiger partial charge in [-0.1, -0.05) is 32.0 Å². The van der Waals surface area contributed by atoms with Crippen LogP contribution < -0.4 is 0 Å². The Morgan fingerprint density at radius 1 is 1.06 bits per heavy atom. The lowest BCUT2D eigenvalue weighted by Crippen LogP contribution is -2.22. The highest BCUT2D eigenvalue weighted by atomic mass is 19.1. The third kappa shape index (κ3) is 3.94. The van der Waals surface area contributed by atoms with E-state index in [-0.39, 0.29) is 17.1 Å². The maximum Gasteiger partial charge on any atom is 0.335 e. The van der Waals surface area contributed by atoms with Crippen LogP contribution in [0.25, 0.3) is 27.7 Å². The maximum absolute atomic E-state index is 13.7. The Morgan fingerprint density at radius 3 is 2.33 bits per heavy atom. The van der Waals surface area contributed by atoms with E-state index in [0.717, 1.165) is 28.0 Å². The number of carbonyl (C=O) groups is 1. The molecule has 0 aliphatic carbocycles. The first-order valence-corrected chi connectivity index (χ1v) is 10.6. The molecule has 4 rings (SSSR count). The molecule has 1 aromatic heterocycles. The van der Waals surface area contributed by atoms with Crippen molar-refractivity contribution < 1.29 is 19.4 Å². The quantitative estimate of drug-likeness (QED) is 0.361. The average molecular weight is 442 g/mol. The molecule has 0 amide bonds. The lowest BCUT2D eigenvalue weighted by Gasteiger charge is -2.28. The molecular formula is C27H23FN2O3. The van der Waals surface area contributed by atoms with Gasteiger partial charge in [0.15, 0.2) is 0 Å². The monoisotopic (exact) mass is 442 g/mol. The number of aromatic carboxylic acids is 1. The lowest BCUT2D eigenvalue weighted by molar-refractivity contribution is 0.0697. The molecule has 0 atom stereocenters. The van der Waals surface area contributed by atoms with Gasteiger partial charge in [-0.15, -0.1) is 0 Å². The van der Waals surface area contributed by atoms with Crippen LogP contribution in [0, 0.1) is 17.1 Å². The molecule has 6 heteroatoms. The molecular weight excluding hydrogens is 419 g/mol. The molecule has 0 bridgehead atoms. The molecule has 0 unspecified atom stereocenters. The molecule has 3 aromatic carbocycles. The van der Waals surface area contributed by atoms with E-state index in [0.29, 0.717) is 18.2 Å². The molecule has 4 aromatic rings. The Hall–Kier alpha value is -4.11. The number of carboxylic acids is 1. The summed E-state index contributed by atoms with van der Waals surface area (Å²) in [6.07, 6.45) is 0.892. The number of halogens is 1. The number of fused-ring (bicyclic) bond motifs is 1. The number of phenols is 1. The van der Waals surface area contributed by atoms with Crippen molar-refractivity contribution >= 4 is 16.9 Å². The van der Waals surface area contributed by atoms with Gasteiger partial charge < -0.3 is 14.8 Å². The van der Waals surface area contributed by atoms with E-state index < -0.39 is 11.4 Å². The van der Waals surface area contributed by atoms with Gasteiger partial charge in [0.25, 0.3) is 0 Å². The van der Waals surface area contributed by atoms with Crippen LogP contribution in [0.5, 0.6) is 5.75 Å². The first-order valence-electron chi connectivity index (χ1n) is 10.6. The number of nitriles is 1. The molecule has 2 N–H and O–H groups in total. The largest absolute Gasteiger partial charge is 0.507 e. The zero-order chi connectivity index (χ0) is 23.8. The molecule has 0 radical (unpaired) electrons. The summed E-state index contributed by atoms with van der Waals surface area (Å²) in [4.78, 5) is 11.4. The van der Waals surface area contributed by atoms with Crippen molar-refractivity contribution in [3.05, 3.63) is 83.8 Å². The molecule has 0 fully saturated rings. The number of benzene rings is 3.